The first kappa shape index (κ1) is 22.7. The molecule has 3 amide bonds. The van der Waals surface area contributed by atoms with Crippen LogP contribution in [-0.4, -0.2) is 33.7 Å². The van der Waals surface area contributed by atoms with E-state index in [-0.39, 0.29) is 28.3 Å². The second-order valence-electron chi connectivity index (χ2n) is 6.83. The number of urea groups is 1. The Kier molecular flexibility index (Phi) is 6.87. The van der Waals surface area contributed by atoms with Gasteiger partial charge in [0.25, 0.3) is 17.0 Å². The molecular formula is C20H17ClN6O4S2. The molecule has 5 N–H and O–H groups in total. The third-order valence-corrected chi connectivity index (χ3v) is 6.59. The normalized spacial score (nSPS) is 10.8. The monoisotopic (exact) mass is 504 g/mol. The van der Waals surface area contributed by atoms with E-state index in [0.29, 0.717) is 34.7 Å². The fourth-order valence-electron chi connectivity index (χ4n) is 2.96. The van der Waals surface area contributed by atoms with Crippen molar-refractivity contribution in [3.63, 3.8) is 0 Å². The Hall–Kier alpha value is -3.48. The van der Waals surface area contributed by atoms with Crippen molar-refractivity contribution in [1.82, 2.24) is 25.8 Å². The van der Waals surface area contributed by atoms with E-state index in [1.807, 2.05) is 6.07 Å². The van der Waals surface area contributed by atoms with Gasteiger partial charge in [0.15, 0.2) is 5.13 Å². The number of fused-ring (bicyclic) bond motifs is 1. The second kappa shape index (κ2) is 9.98. The molecule has 0 spiro atoms. The van der Waals surface area contributed by atoms with Gasteiger partial charge in [-0.15, -0.1) is 22.7 Å². The first-order valence-electron chi connectivity index (χ1n) is 9.65. The van der Waals surface area contributed by atoms with Gasteiger partial charge >= 0.3 is 6.03 Å². The maximum Gasteiger partial charge on any atom is 0.321 e. The number of thiophene rings is 1. The summed E-state index contributed by atoms with van der Waals surface area (Å²) in [5, 5.41) is 15.2. The van der Waals surface area contributed by atoms with E-state index in [9.17, 15) is 19.2 Å². The molecule has 0 aliphatic rings. The fraction of sp³-hybridized carbons (Fsp3) is 0.150. The van der Waals surface area contributed by atoms with Crippen LogP contribution in [0, 0.1) is 0 Å². The molecule has 4 rings (SSSR count). The lowest BCUT2D eigenvalue weighted by molar-refractivity contribution is 0.0954. The lowest BCUT2D eigenvalue weighted by atomic mass is 10.1. The minimum atomic E-state index is -0.482. The number of carbonyl (C=O) groups is 2. The first-order chi connectivity index (χ1) is 15.9. The van der Waals surface area contributed by atoms with Crippen LogP contribution < -0.4 is 27.1 Å². The van der Waals surface area contributed by atoms with Crippen molar-refractivity contribution in [2.45, 2.75) is 13.0 Å². The van der Waals surface area contributed by atoms with Crippen LogP contribution in [0.5, 0.6) is 0 Å². The Morgan fingerprint density at radius 3 is 2.58 bits per heavy atom. The molecule has 33 heavy (non-hydrogen) atoms. The van der Waals surface area contributed by atoms with Crippen LogP contribution in [0.2, 0.25) is 4.34 Å². The lowest BCUT2D eigenvalue weighted by Crippen LogP contribution is -2.28. The third kappa shape index (κ3) is 5.66. The van der Waals surface area contributed by atoms with E-state index in [2.05, 4.69) is 31.1 Å². The molecule has 0 bridgehead atoms. The highest BCUT2D eigenvalue weighted by Crippen LogP contribution is 2.21. The molecule has 0 aliphatic heterocycles. The van der Waals surface area contributed by atoms with Crippen molar-refractivity contribution in [2.75, 3.05) is 11.9 Å². The van der Waals surface area contributed by atoms with Gasteiger partial charge in [0.2, 0.25) is 0 Å². The Labute approximate surface area is 199 Å². The van der Waals surface area contributed by atoms with E-state index in [1.165, 1.54) is 40.9 Å². The number of nitrogens with one attached hydrogen (secondary N) is 5. The van der Waals surface area contributed by atoms with Crippen LogP contribution in [0.25, 0.3) is 10.8 Å². The number of hydrogen-bond donors (Lipinski definition) is 5. The topological polar surface area (TPSA) is 149 Å². The molecule has 3 heterocycles. The zero-order valence-electron chi connectivity index (χ0n) is 16.9. The molecule has 3 aromatic heterocycles. The third-order valence-electron chi connectivity index (χ3n) is 4.55. The van der Waals surface area contributed by atoms with Crippen molar-refractivity contribution in [2.24, 2.45) is 0 Å². The van der Waals surface area contributed by atoms with Crippen LogP contribution in [0.3, 0.4) is 0 Å². The standard InChI is InChI=1S/C20H17ClN6O4S2/c21-15-4-2-12(33-15)8-23-19(31)25-20-24-11(9-32-20)5-6-22-16(28)10-1-3-13-14(7-10)18(30)27-26-17(13)29/h1-4,7,9H,5-6,8H2,(H,22,28)(H,26,29)(H,27,30)(H2,23,24,25,31). The van der Waals surface area contributed by atoms with Gasteiger partial charge in [-0.3, -0.25) is 29.9 Å². The molecule has 10 nitrogen and oxygen atoms in total. The molecule has 0 saturated carbocycles. The van der Waals surface area contributed by atoms with E-state index >= 15 is 0 Å². The molecule has 0 atom stereocenters. The van der Waals surface area contributed by atoms with Crippen molar-refractivity contribution < 1.29 is 9.59 Å². The maximum atomic E-state index is 12.4. The number of aromatic nitrogens is 3. The Morgan fingerprint density at radius 1 is 1.03 bits per heavy atom. The van der Waals surface area contributed by atoms with Crippen molar-refractivity contribution in [3.05, 3.63) is 76.9 Å². The summed E-state index contributed by atoms with van der Waals surface area (Å²) in [6, 6.07) is 7.55. The quantitative estimate of drug-likeness (QED) is 0.262. The molecule has 0 aliphatic carbocycles. The number of H-pyrrole nitrogens is 2. The van der Waals surface area contributed by atoms with E-state index in [1.54, 1.807) is 11.4 Å². The Balaban J connectivity index is 1.27. The zero-order chi connectivity index (χ0) is 23.4. The predicted molar refractivity (Wildman–Crippen MR) is 129 cm³/mol. The van der Waals surface area contributed by atoms with Crippen LogP contribution in [0.4, 0.5) is 9.93 Å². The Morgan fingerprint density at radius 2 is 1.82 bits per heavy atom. The summed E-state index contributed by atoms with van der Waals surface area (Å²) in [7, 11) is 0. The summed E-state index contributed by atoms with van der Waals surface area (Å²) < 4.78 is 0.661. The fourth-order valence-corrected chi connectivity index (χ4v) is 4.73. The maximum absolute atomic E-state index is 12.4. The molecule has 0 saturated heterocycles. The molecular weight excluding hydrogens is 488 g/mol. The summed E-state index contributed by atoms with van der Waals surface area (Å²) in [4.78, 5) is 53.3. The number of nitrogens with zero attached hydrogens (tertiary/aromatic N) is 1. The number of carbonyl (C=O) groups excluding carboxylic acids is 2. The van der Waals surface area contributed by atoms with E-state index < -0.39 is 11.1 Å². The highest BCUT2D eigenvalue weighted by Gasteiger charge is 2.11. The number of benzene rings is 1. The van der Waals surface area contributed by atoms with Gasteiger partial charge in [0.1, 0.15) is 0 Å². The predicted octanol–water partition coefficient (Wildman–Crippen LogP) is 2.68. The number of anilines is 1. The number of thiazole rings is 1. The first-order valence-corrected chi connectivity index (χ1v) is 11.7. The van der Waals surface area contributed by atoms with Crippen molar-refractivity contribution in [1.29, 1.82) is 0 Å². The molecule has 0 unspecified atom stereocenters. The summed E-state index contributed by atoms with van der Waals surface area (Å²) >= 11 is 8.54. The molecule has 13 heteroatoms. The molecule has 1 aromatic carbocycles. The minimum Gasteiger partial charge on any atom is -0.352 e. The summed E-state index contributed by atoms with van der Waals surface area (Å²) in [6.07, 6.45) is 0.451. The number of rotatable bonds is 7. The van der Waals surface area contributed by atoms with Gasteiger partial charge < -0.3 is 10.6 Å². The van der Waals surface area contributed by atoms with Crippen molar-refractivity contribution >= 4 is 62.1 Å². The van der Waals surface area contributed by atoms with Gasteiger partial charge in [-0.05, 0) is 30.3 Å². The summed E-state index contributed by atoms with van der Waals surface area (Å²) in [5.74, 6) is -0.377. The zero-order valence-corrected chi connectivity index (χ0v) is 19.2. The van der Waals surface area contributed by atoms with Crippen LogP contribution in [0.15, 0.2) is 45.3 Å². The van der Waals surface area contributed by atoms with Gasteiger partial charge in [-0.25, -0.2) is 9.78 Å². The van der Waals surface area contributed by atoms with Crippen LogP contribution in [0.1, 0.15) is 20.9 Å². The molecule has 170 valence electrons. The Bertz CT molecular complexity index is 1440. The average molecular weight is 505 g/mol. The number of amides is 3. The van der Waals surface area contributed by atoms with E-state index in [4.69, 9.17) is 11.6 Å². The second-order valence-corrected chi connectivity index (χ2v) is 9.49. The van der Waals surface area contributed by atoms with Gasteiger partial charge in [-0.2, -0.15) is 0 Å². The number of aromatic amines is 2. The van der Waals surface area contributed by atoms with E-state index in [0.717, 1.165) is 4.88 Å². The highest BCUT2D eigenvalue weighted by molar-refractivity contribution is 7.16. The molecule has 0 radical (unpaired) electrons. The largest absolute Gasteiger partial charge is 0.352 e. The molecule has 0 fully saturated rings. The number of hydrogen-bond acceptors (Lipinski definition) is 7. The van der Waals surface area contributed by atoms with Crippen molar-refractivity contribution in [3.8, 4) is 0 Å². The van der Waals surface area contributed by atoms with Gasteiger partial charge in [0, 0.05) is 28.8 Å². The average Bonchev–Trinajstić information content (AvgIpc) is 3.43. The lowest BCUT2D eigenvalue weighted by Gasteiger charge is -2.05. The number of halogens is 1. The van der Waals surface area contributed by atoms with Gasteiger partial charge in [0.05, 0.1) is 27.3 Å². The smallest absolute Gasteiger partial charge is 0.321 e. The minimum absolute atomic E-state index is 0.141. The SMILES string of the molecule is O=C(NCc1ccc(Cl)s1)Nc1nc(CCNC(=O)c2ccc3c(=O)[nH][nH]c(=O)c3c2)cs1. The summed E-state index contributed by atoms with van der Waals surface area (Å²) in [6.45, 7) is 0.666. The molecule has 4 aromatic rings. The highest BCUT2D eigenvalue weighted by atomic mass is 35.5. The summed E-state index contributed by atoms with van der Waals surface area (Å²) in [5.41, 5.74) is 0.0594. The van der Waals surface area contributed by atoms with Crippen LogP contribution in [-0.2, 0) is 13.0 Å². The van der Waals surface area contributed by atoms with Crippen LogP contribution >= 0.6 is 34.3 Å². The van der Waals surface area contributed by atoms with Gasteiger partial charge in [-0.1, -0.05) is 11.6 Å².